The van der Waals surface area contributed by atoms with Crippen molar-refractivity contribution in [3.63, 3.8) is 0 Å². The van der Waals surface area contributed by atoms with Gasteiger partial charge < -0.3 is 4.74 Å². The van der Waals surface area contributed by atoms with Gasteiger partial charge >= 0.3 is 5.97 Å². The maximum Gasteiger partial charge on any atom is 0.308 e. The van der Waals surface area contributed by atoms with E-state index in [1.807, 2.05) is 13.8 Å². The molecule has 24 heavy (non-hydrogen) atoms. The Labute approximate surface area is 141 Å². The first-order valence-electron chi connectivity index (χ1n) is 8.12. The highest BCUT2D eigenvalue weighted by Crippen LogP contribution is 2.37. The molecule has 0 saturated heterocycles. The molecule has 0 N–H and O–H groups in total. The summed E-state index contributed by atoms with van der Waals surface area (Å²) in [6.07, 6.45) is 0.579. The Kier molecular flexibility index (Phi) is 5.32. The molecule has 1 aliphatic rings. The summed E-state index contributed by atoms with van der Waals surface area (Å²) in [5.41, 5.74) is 2.67. The smallest absolute Gasteiger partial charge is 0.308 e. The van der Waals surface area contributed by atoms with Gasteiger partial charge in [0.1, 0.15) is 11.7 Å². The van der Waals surface area contributed by atoms with Crippen LogP contribution in [-0.2, 0) is 19.2 Å². The van der Waals surface area contributed by atoms with Crippen LogP contribution >= 0.6 is 0 Å². The van der Waals surface area contributed by atoms with Crippen molar-refractivity contribution in [2.75, 3.05) is 0 Å². The molecule has 5 nitrogen and oxygen atoms in total. The average molecular weight is 330 g/mol. The van der Waals surface area contributed by atoms with E-state index in [2.05, 4.69) is 0 Å². The lowest BCUT2D eigenvalue weighted by atomic mass is 9.73. The standard InChI is InChI=1S/C19H22O5/c1-5-15(21)19-16(22)8-13(9-17(19)23)18-10(2)6-14(7-11(18)3)24-12(4)20/h6-7,13,19H,5,8-9H2,1-4H3. The number of hydrogen-bond donors (Lipinski definition) is 0. The molecule has 0 radical (unpaired) electrons. The largest absolute Gasteiger partial charge is 0.427 e. The fourth-order valence-electron chi connectivity index (χ4n) is 3.54. The zero-order valence-corrected chi connectivity index (χ0v) is 14.5. The van der Waals surface area contributed by atoms with Crippen LogP contribution in [0.2, 0.25) is 0 Å². The van der Waals surface area contributed by atoms with Crippen molar-refractivity contribution in [2.45, 2.75) is 52.9 Å². The van der Waals surface area contributed by atoms with Gasteiger partial charge in [0.05, 0.1) is 0 Å². The topological polar surface area (TPSA) is 77.5 Å². The van der Waals surface area contributed by atoms with Gasteiger partial charge in [0.2, 0.25) is 0 Å². The lowest BCUT2D eigenvalue weighted by Gasteiger charge is -2.28. The van der Waals surface area contributed by atoms with Crippen LogP contribution < -0.4 is 4.74 Å². The molecule has 0 aliphatic heterocycles. The maximum absolute atomic E-state index is 12.3. The molecule has 0 spiro atoms. The fourth-order valence-corrected chi connectivity index (χ4v) is 3.54. The second-order valence-corrected chi connectivity index (χ2v) is 6.36. The van der Waals surface area contributed by atoms with Crippen LogP contribution in [0.4, 0.5) is 0 Å². The molecule has 1 fully saturated rings. The van der Waals surface area contributed by atoms with Gasteiger partial charge in [0.25, 0.3) is 0 Å². The first kappa shape index (κ1) is 18.0. The van der Waals surface area contributed by atoms with E-state index in [4.69, 9.17) is 4.74 Å². The number of Topliss-reactive ketones (excluding diaryl/α,β-unsaturated/α-hetero) is 3. The second kappa shape index (κ2) is 7.07. The molecule has 1 aromatic carbocycles. The van der Waals surface area contributed by atoms with Crippen molar-refractivity contribution >= 4 is 23.3 Å². The Morgan fingerprint density at radius 1 is 1.08 bits per heavy atom. The molecule has 0 unspecified atom stereocenters. The highest BCUT2D eigenvalue weighted by Gasteiger charge is 2.40. The number of carbonyl (C=O) groups is 4. The molecule has 128 valence electrons. The minimum Gasteiger partial charge on any atom is -0.427 e. The number of hydrogen-bond acceptors (Lipinski definition) is 5. The molecule has 0 atom stereocenters. The normalized spacial score (nSPS) is 20.8. The van der Waals surface area contributed by atoms with Crippen molar-refractivity contribution in [2.24, 2.45) is 5.92 Å². The monoisotopic (exact) mass is 330 g/mol. The minimum atomic E-state index is -1.08. The van der Waals surface area contributed by atoms with E-state index in [1.54, 1.807) is 19.1 Å². The summed E-state index contributed by atoms with van der Waals surface area (Å²) in [4.78, 5) is 47.5. The first-order chi connectivity index (χ1) is 11.2. The van der Waals surface area contributed by atoms with Crippen LogP contribution in [0.15, 0.2) is 12.1 Å². The van der Waals surface area contributed by atoms with E-state index < -0.39 is 11.9 Å². The number of benzene rings is 1. The van der Waals surface area contributed by atoms with Gasteiger partial charge in [-0.15, -0.1) is 0 Å². The molecule has 5 heteroatoms. The highest BCUT2D eigenvalue weighted by atomic mass is 16.5. The molecule has 1 aliphatic carbocycles. The van der Waals surface area contributed by atoms with Gasteiger partial charge in [-0.05, 0) is 48.6 Å². The Morgan fingerprint density at radius 3 is 2.00 bits per heavy atom. The average Bonchev–Trinajstić information content (AvgIpc) is 2.44. The predicted molar refractivity (Wildman–Crippen MR) is 88.0 cm³/mol. The van der Waals surface area contributed by atoms with Gasteiger partial charge in [-0.2, -0.15) is 0 Å². The molecule has 0 aromatic heterocycles. The number of ether oxygens (including phenoxy) is 1. The van der Waals surface area contributed by atoms with Crippen LogP contribution in [0, 0.1) is 19.8 Å². The second-order valence-electron chi connectivity index (χ2n) is 6.36. The van der Waals surface area contributed by atoms with Crippen LogP contribution in [0.5, 0.6) is 5.75 Å². The Bertz CT molecular complexity index is 675. The zero-order valence-electron chi connectivity index (χ0n) is 14.5. The minimum absolute atomic E-state index is 0.191. The summed E-state index contributed by atoms with van der Waals surface area (Å²) in [7, 11) is 0. The first-order valence-corrected chi connectivity index (χ1v) is 8.12. The zero-order chi connectivity index (χ0) is 18.0. The lowest BCUT2D eigenvalue weighted by molar-refractivity contribution is -0.142. The SMILES string of the molecule is CCC(=O)C1C(=O)CC(c2c(C)cc(OC(C)=O)cc2C)CC1=O. The molecule has 2 rings (SSSR count). The molecule has 1 saturated carbocycles. The van der Waals surface area contributed by atoms with Crippen molar-refractivity contribution in [1.29, 1.82) is 0 Å². The Morgan fingerprint density at radius 2 is 1.58 bits per heavy atom. The van der Waals surface area contributed by atoms with Gasteiger partial charge in [-0.1, -0.05) is 6.92 Å². The summed E-state index contributed by atoms with van der Waals surface area (Å²) >= 11 is 0. The predicted octanol–water partition coefficient (Wildman–Crippen LogP) is 2.84. The van der Waals surface area contributed by atoms with Crippen LogP contribution in [0.25, 0.3) is 0 Å². The van der Waals surface area contributed by atoms with Crippen molar-refractivity contribution < 1.29 is 23.9 Å². The summed E-state index contributed by atoms with van der Waals surface area (Å²) in [5, 5.41) is 0. The summed E-state index contributed by atoms with van der Waals surface area (Å²) < 4.78 is 5.11. The van der Waals surface area contributed by atoms with Crippen molar-refractivity contribution in [3.8, 4) is 5.75 Å². The third-order valence-corrected chi connectivity index (χ3v) is 4.45. The van der Waals surface area contributed by atoms with Crippen molar-refractivity contribution in [1.82, 2.24) is 0 Å². The third-order valence-electron chi connectivity index (χ3n) is 4.45. The van der Waals surface area contributed by atoms with Gasteiger partial charge in [0.15, 0.2) is 17.3 Å². The summed E-state index contributed by atoms with van der Waals surface area (Å²) in [6, 6.07) is 3.48. The summed E-state index contributed by atoms with van der Waals surface area (Å²) in [6.45, 7) is 6.74. The third kappa shape index (κ3) is 3.61. The van der Waals surface area contributed by atoms with Gasteiger partial charge in [-0.3, -0.25) is 19.2 Å². The number of ketones is 3. The molecular weight excluding hydrogens is 308 g/mol. The van der Waals surface area contributed by atoms with Gasteiger partial charge in [0, 0.05) is 26.2 Å². The molecule has 1 aromatic rings. The van der Waals surface area contributed by atoms with E-state index in [0.29, 0.717) is 5.75 Å². The van der Waals surface area contributed by atoms with E-state index >= 15 is 0 Å². The van der Waals surface area contributed by atoms with Crippen LogP contribution in [0.1, 0.15) is 55.7 Å². The van der Waals surface area contributed by atoms with Crippen molar-refractivity contribution in [3.05, 3.63) is 28.8 Å². The molecule has 0 bridgehead atoms. The molecular formula is C19H22O5. The highest BCUT2D eigenvalue weighted by molar-refractivity contribution is 6.20. The lowest BCUT2D eigenvalue weighted by Crippen LogP contribution is -2.38. The maximum atomic E-state index is 12.3. The van der Waals surface area contributed by atoms with Crippen LogP contribution in [-0.4, -0.2) is 23.3 Å². The quantitative estimate of drug-likeness (QED) is 0.482. The van der Waals surface area contributed by atoms with E-state index in [-0.39, 0.29) is 42.5 Å². The number of esters is 1. The number of carbonyl (C=O) groups excluding carboxylic acids is 4. The van der Waals surface area contributed by atoms with Gasteiger partial charge in [-0.25, -0.2) is 0 Å². The van der Waals surface area contributed by atoms with E-state index in [1.165, 1.54) is 6.92 Å². The summed E-state index contributed by atoms with van der Waals surface area (Å²) in [5.74, 6) is -2.11. The number of rotatable bonds is 4. The molecule has 0 heterocycles. The molecule has 0 amide bonds. The Hall–Kier alpha value is -2.30. The van der Waals surface area contributed by atoms with E-state index in [9.17, 15) is 19.2 Å². The Balaban J connectivity index is 2.30. The number of aryl methyl sites for hydroxylation is 2. The van der Waals surface area contributed by atoms with Crippen LogP contribution in [0.3, 0.4) is 0 Å². The van der Waals surface area contributed by atoms with E-state index in [0.717, 1.165) is 16.7 Å². The fraction of sp³-hybridized carbons (Fsp3) is 0.474.